The molecule has 1 N–H and O–H groups in total. The summed E-state index contributed by atoms with van der Waals surface area (Å²) < 4.78 is 0. The van der Waals surface area contributed by atoms with E-state index in [2.05, 4.69) is 5.16 Å². The van der Waals surface area contributed by atoms with Gasteiger partial charge < -0.3 is 5.21 Å². The lowest BCUT2D eigenvalue weighted by atomic mass is 10.00. The second-order valence-corrected chi connectivity index (χ2v) is 3.44. The Kier molecular flexibility index (Phi) is 3.38. The van der Waals surface area contributed by atoms with Crippen molar-refractivity contribution in [3.05, 3.63) is 39.9 Å². The molecule has 1 aromatic rings. The summed E-state index contributed by atoms with van der Waals surface area (Å²) in [6.07, 6.45) is 0. The lowest BCUT2D eigenvalue weighted by molar-refractivity contribution is -0.384. The highest BCUT2D eigenvalue weighted by molar-refractivity contribution is 6.01. The Morgan fingerprint density at radius 2 is 1.93 bits per heavy atom. The quantitative estimate of drug-likeness (QED) is 0.358. The van der Waals surface area contributed by atoms with Crippen LogP contribution in [-0.4, -0.2) is 15.8 Å². The van der Waals surface area contributed by atoms with E-state index in [4.69, 9.17) is 5.21 Å². The number of oxime groups is 1. The van der Waals surface area contributed by atoms with Gasteiger partial charge in [0, 0.05) is 17.7 Å². The number of non-ortho nitro benzene ring substituents is 1. The van der Waals surface area contributed by atoms with Gasteiger partial charge in [0.15, 0.2) is 0 Å². The SMILES string of the molecule is CC(C)/C(=N\O)c1ccc([N+](=O)[O-])cc1. The van der Waals surface area contributed by atoms with Crippen LogP contribution in [0, 0.1) is 16.0 Å². The maximum absolute atomic E-state index is 10.4. The van der Waals surface area contributed by atoms with Gasteiger partial charge in [0.1, 0.15) is 0 Å². The van der Waals surface area contributed by atoms with E-state index in [-0.39, 0.29) is 11.6 Å². The number of nitrogens with zero attached hydrogens (tertiary/aromatic N) is 2. The second-order valence-electron chi connectivity index (χ2n) is 3.44. The number of nitro groups is 1. The summed E-state index contributed by atoms with van der Waals surface area (Å²) in [7, 11) is 0. The average Bonchev–Trinajstić information content (AvgIpc) is 2.19. The van der Waals surface area contributed by atoms with Gasteiger partial charge in [-0.25, -0.2) is 0 Å². The van der Waals surface area contributed by atoms with Crippen LogP contribution in [0.3, 0.4) is 0 Å². The standard InChI is InChI=1S/C10H12N2O3/c1-7(2)10(11-13)8-3-5-9(6-4-8)12(14)15/h3-7,13H,1-2H3/b11-10+. The van der Waals surface area contributed by atoms with Crippen molar-refractivity contribution in [2.45, 2.75) is 13.8 Å². The van der Waals surface area contributed by atoms with Crippen LogP contribution in [0.5, 0.6) is 0 Å². The fourth-order valence-electron chi connectivity index (χ4n) is 1.26. The van der Waals surface area contributed by atoms with E-state index in [0.29, 0.717) is 11.3 Å². The molecule has 1 aromatic carbocycles. The summed E-state index contributed by atoms with van der Waals surface area (Å²) in [5.41, 5.74) is 1.24. The summed E-state index contributed by atoms with van der Waals surface area (Å²) in [4.78, 5) is 9.95. The minimum atomic E-state index is -0.463. The Labute approximate surface area is 87.2 Å². The zero-order chi connectivity index (χ0) is 11.4. The topological polar surface area (TPSA) is 75.7 Å². The Morgan fingerprint density at radius 1 is 1.40 bits per heavy atom. The zero-order valence-electron chi connectivity index (χ0n) is 8.54. The van der Waals surface area contributed by atoms with Gasteiger partial charge in [-0.05, 0) is 18.1 Å². The summed E-state index contributed by atoms with van der Waals surface area (Å²) in [6.45, 7) is 3.77. The molecule has 0 spiro atoms. The molecular formula is C10H12N2O3. The Bertz CT molecular complexity index is 382. The van der Waals surface area contributed by atoms with Crippen molar-refractivity contribution in [3.8, 4) is 0 Å². The Hall–Kier alpha value is -1.91. The molecule has 0 radical (unpaired) electrons. The summed E-state index contributed by atoms with van der Waals surface area (Å²) in [6, 6.07) is 5.94. The number of hydrogen-bond acceptors (Lipinski definition) is 4. The fraction of sp³-hybridized carbons (Fsp3) is 0.300. The average molecular weight is 208 g/mol. The summed E-state index contributed by atoms with van der Waals surface area (Å²) >= 11 is 0. The van der Waals surface area contributed by atoms with E-state index in [1.807, 2.05) is 13.8 Å². The van der Waals surface area contributed by atoms with Crippen LogP contribution in [0.2, 0.25) is 0 Å². The molecule has 0 bridgehead atoms. The smallest absolute Gasteiger partial charge is 0.269 e. The third-order valence-electron chi connectivity index (χ3n) is 2.03. The van der Waals surface area contributed by atoms with Crippen LogP contribution in [0.1, 0.15) is 19.4 Å². The lowest BCUT2D eigenvalue weighted by Gasteiger charge is -2.07. The third-order valence-corrected chi connectivity index (χ3v) is 2.03. The molecule has 0 heterocycles. The summed E-state index contributed by atoms with van der Waals surface area (Å²) in [5, 5.41) is 22.4. The molecule has 0 aliphatic rings. The van der Waals surface area contributed by atoms with Crippen molar-refractivity contribution in [1.29, 1.82) is 0 Å². The van der Waals surface area contributed by atoms with E-state index in [1.54, 1.807) is 12.1 Å². The van der Waals surface area contributed by atoms with Gasteiger partial charge in [-0.2, -0.15) is 0 Å². The van der Waals surface area contributed by atoms with Gasteiger partial charge in [0.05, 0.1) is 10.6 Å². The van der Waals surface area contributed by atoms with Gasteiger partial charge >= 0.3 is 0 Å². The molecule has 0 aromatic heterocycles. The highest BCUT2D eigenvalue weighted by Crippen LogP contribution is 2.15. The predicted molar refractivity (Wildman–Crippen MR) is 56.3 cm³/mol. The zero-order valence-corrected chi connectivity index (χ0v) is 8.54. The van der Waals surface area contributed by atoms with Crippen LogP contribution in [-0.2, 0) is 0 Å². The van der Waals surface area contributed by atoms with E-state index in [9.17, 15) is 10.1 Å². The number of hydrogen-bond donors (Lipinski definition) is 1. The van der Waals surface area contributed by atoms with Crippen molar-refractivity contribution in [3.63, 3.8) is 0 Å². The maximum atomic E-state index is 10.4. The predicted octanol–water partition coefficient (Wildman–Crippen LogP) is 2.43. The minimum Gasteiger partial charge on any atom is -0.411 e. The second kappa shape index (κ2) is 4.54. The molecule has 0 unspecified atom stereocenters. The monoisotopic (exact) mass is 208 g/mol. The highest BCUT2D eigenvalue weighted by Gasteiger charge is 2.11. The van der Waals surface area contributed by atoms with E-state index in [0.717, 1.165) is 0 Å². The molecule has 0 saturated carbocycles. The largest absolute Gasteiger partial charge is 0.411 e. The molecule has 0 amide bonds. The third kappa shape index (κ3) is 2.52. The van der Waals surface area contributed by atoms with Gasteiger partial charge in [0.25, 0.3) is 5.69 Å². The molecule has 0 aliphatic heterocycles. The molecular weight excluding hydrogens is 196 g/mol. The molecule has 0 atom stereocenters. The summed E-state index contributed by atoms with van der Waals surface area (Å²) in [5.74, 6) is 0.0662. The van der Waals surface area contributed by atoms with Crippen LogP contribution in [0.4, 0.5) is 5.69 Å². The van der Waals surface area contributed by atoms with Gasteiger partial charge in [-0.1, -0.05) is 19.0 Å². The lowest BCUT2D eigenvalue weighted by Crippen LogP contribution is -2.09. The van der Waals surface area contributed by atoms with Crippen molar-refractivity contribution >= 4 is 11.4 Å². The molecule has 5 heteroatoms. The molecule has 0 aliphatic carbocycles. The van der Waals surface area contributed by atoms with Crippen LogP contribution < -0.4 is 0 Å². The first kappa shape index (κ1) is 11.2. The first-order valence-electron chi connectivity index (χ1n) is 4.53. The highest BCUT2D eigenvalue weighted by atomic mass is 16.6. The van der Waals surface area contributed by atoms with E-state index in [1.165, 1.54) is 12.1 Å². The first-order chi connectivity index (χ1) is 7.06. The van der Waals surface area contributed by atoms with E-state index >= 15 is 0 Å². The van der Waals surface area contributed by atoms with Gasteiger partial charge in [-0.15, -0.1) is 0 Å². The Balaban J connectivity index is 3.03. The Morgan fingerprint density at radius 3 is 2.27 bits per heavy atom. The van der Waals surface area contributed by atoms with Crippen molar-refractivity contribution < 1.29 is 10.1 Å². The van der Waals surface area contributed by atoms with Crippen molar-refractivity contribution in [2.24, 2.45) is 11.1 Å². The number of rotatable bonds is 3. The van der Waals surface area contributed by atoms with Crippen LogP contribution >= 0.6 is 0 Å². The first-order valence-corrected chi connectivity index (χ1v) is 4.53. The molecule has 15 heavy (non-hydrogen) atoms. The molecule has 0 saturated heterocycles. The van der Waals surface area contributed by atoms with Crippen molar-refractivity contribution in [1.82, 2.24) is 0 Å². The molecule has 5 nitrogen and oxygen atoms in total. The number of nitro benzene ring substituents is 1. The normalized spacial score (nSPS) is 11.8. The van der Waals surface area contributed by atoms with Gasteiger partial charge in [0.2, 0.25) is 0 Å². The van der Waals surface area contributed by atoms with Gasteiger partial charge in [-0.3, -0.25) is 10.1 Å². The molecule has 80 valence electrons. The molecule has 1 rings (SSSR count). The maximum Gasteiger partial charge on any atom is 0.269 e. The minimum absolute atomic E-state index is 0.0276. The molecule has 0 fully saturated rings. The van der Waals surface area contributed by atoms with Crippen molar-refractivity contribution in [2.75, 3.05) is 0 Å². The van der Waals surface area contributed by atoms with Crippen LogP contribution in [0.25, 0.3) is 0 Å². The fourth-order valence-corrected chi connectivity index (χ4v) is 1.26. The van der Waals surface area contributed by atoms with E-state index < -0.39 is 4.92 Å². The number of benzene rings is 1. The van der Waals surface area contributed by atoms with Crippen LogP contribution in [0.15, 0.2) is 29.4 Å².